The number of carboxylic acids is 1. The molecular formula is C27H16F6N4O3S2. The van der Waals surface area contributed by atoms with Gasteiger partial charge in [0.1, 0.15) is 10.1 Å². The molecule has 2 aromatic heterocycles. The quantitative estimate of drug-likeness (QED) is 0.139. The van der Waals surface area contributed by atoms with E-state index in [-0.39, 0.29) is 50.8 Å². The number of alkyl halides is 6. The van der Waals surface area contributed by atoms with E-state index in [1.165, 1.54) is 41.3 Å². The number of H-pyrrole nitrogens is 1. The van der Waals surface area contributed by atoms with Gasteiger partial charge in [-0.15, -0.1) is 0 Å². The molecular weight excluding hydrogens is 606 g/mol. The average Bonchev–Trinajstić information content (AvgIpc) is 3.45. The van der Waals surface area contributed by atoms with E-state index in [4.69, 9.17) is 17.3 Å². The lowest BCUT2D eigenvalue weighted by molar-refractivity contribution is -0.143. The summed E-state index contributed by atoms with van der Waals surface area (Å²) in [5, 5.41) is 9.15. The first-order valence-corrected chi connectivity index (χ1v) is 13.2. The Kier molecular flexibility index (Phi) is 7.57. The third kappa shape index (κ3) is 6.16. The van der Waals surface area contributed by atoms with Crippen LogP contribution in [0.15, 0.2) is 59.5 Å². The van der Waals surface area contributed by atoms with Crippen molar-refractivity contribution in [1.29, 1.82) is 0 Å². The molecule has 3 heterocycles. The van der Waals surface area contributed by atoms with E-state index in [9.17, 15) is 35.9 Å². The Balaban J connectivity index is 1.36. The van der Waals surface area contributed by atoms with Crippen molar-refractivity contribution >= 4 is 57.3 Å². The van der Waals surface area contributed by atoms with Crippen molar-refractivity contribution in [1.82, 2.24) is 19.9 Å². The van der Waals surface area contributed by atoms with Crippen molar-refractivity contribution < 1.29 is 41.0 Å². The summed E-state index contributed by atoms with van der Waals surface area (Å²) in [5.41, 5.74) is -2.18. The number of thiocarbonyl (C=S) groups is 1. The largest absolute Gasteiger partial charge is 0.478 e. The molecule has 2 N–H and O–H groups in total. The number of carboxylic acid groups (broad SMARTS) is 1. The molecule has 1 aliphatic rings. The van der Waals surface area contributed by atoms with E-state index in [2.05, 4.69) is 15.0 Å². The second-order valence-electron chi connectivity index (χ2n) is 9.05. The molecule has 1 amide bonds. The van der Waals surface area contributed by atoms with Gasteiger partial charge in [-0.3, -0.25) is 9.69 Å². The fourth-order valence-electron chi connectivity index (χ4n) is 4.15. The van der Waals surface area contributed by atoms with Crippen LogP contribution >= 0.6 is 24.0 Å². The number of thioether (sulfide) groups is 1. The van der Waals surface area contributed by atoms with Crippen LogP contribution in [0.5, 0.6) is 0 Å². The number of carbonyl (C=O) groups excluding carboxylic acids is 1. The highest BCUT2D eigenvalue weighted by Crippen LogP contribution is 2.39. The normalized spacial score (nSPS) is 15.3. The van der Waals surface area contributed by atoms with Gasteiger partial charge in [-0.2, -0.15) is 26.3 Å². The number of aromatic amines is 1. The minimum atomic E-state index is -5.01. The van der Waals surface area contributed by atoms with Gasteiger partial charge in [-0.25, -0.2) is 14.8 Å². The number of pyridine rings is 1. The van der Waals surface area contributed by atoms with E-state index in [0.29, 0.717) is 29.0 Å². The number of nitrogens with one attached hydrogen (secondary N) is 1. The number of fused-ring (bicyclic) bond motifs is 1. The number of hydrogen-bond acceptors (Lipinski definition) is 6. The first kappa shape index (κ1) is 29.3. The Bertz CT molecular complexity index is 1750. The van der Waals surface area contributed by atoms with Gasteiger partial charge in [0.15, 0.2) is 0 Å². The molecule has 0 bridgehead atoms. The molecule has 1 saturated heterocycles. The minimum Gasteiger partial charge on any atom is -0.478 e. The van der Waals surface area contributed by atoms with Crippen molar-refractivity contribution in [3.8, 4) is 11.3 Å². The van der Waals surface area contributed by atoms with Gasteiger partial charge in [-0.05, 0) is 54.6 Å². The van der Waals surface area contributed by atoms with Crippen molar-refractivity contribution in [2.24, 2.45) is 0 Å². The molecule has 7 nitrogen and oxygen atoms in total. The van der Waals surface area contributed by atoms with E-state index < -0.39 is 35.4 Å². The monoisotopic (exact) mass is 622 g/mol. The molecule has 2 aromatic carbocycles. The van der Waals surface area contributed by atoms with Crippen LogP contribution in [0.3, 0.4) is 0 Å². The zero-order valence-electron chi connectivity index (χ0n) is 20.9. The maximum absolute atomic E-state index is 13.3. The highest BCUT2D eigenvalue weighted by molar-refractivity contribution is 8.26. The van der Waals surface area contributed by atoms with Gasteiger partial charge in [0, 0.05) is 18.5 Å². The van der Waals surface area contributed by atoms with Gasteiger partial charge in [0.05, 0.1) is 44.0 Å². The molecule has 0 saturated carbocycles. The van der Waals surface area contributed by atoms with E-state index >= 15 is 0 Å². The molecule has 1 aliphatic heterocycles. The molecule has 42 heavy (non-hydrogen) atoms. The fraction of sp³-hybridized carbons (Fsp3) is 0.148. The van der Waals surface area contributed by atoms with Crippen LogP contribution in [0.4, 0.5) is 26.3 Å². The molecule has 5 rings (SSSR count). The number of benzene rings is 2. The third-order valence-electron chi connectivity index (χ3n) is 6.16. The van der Waals surface area contributed by atoms with Crippen molar-refractivity contribution in [3.63, 3.8) is 0 Å². The molecule has 1 fully saturated rings. The SMILES string of the molecule is O=C(O)c1ccc2nc(CCN3C(=O)C(=Cc4cccc(-c5cc(C(F)(F)F)cc(C(F)(F)F)c5)n4)SC3=S)[nH]c2c1. The van der Waals surface area contributed by atoms with Crippen LogP contribution in [0.2, 0.25) is 0 Å². The van der Waals surface area contributed by atoms with Gasteiger partial charge in [-0.1, -0.05) is 30.0 Å². The van der Waals surface area contributed by atoms with Gasteiger partial charge >= 0.3 is 18.3 Å². The molecule has 4 aromatic rings. The predicted molar refractivity (Wildman–Crippen MR) is 146 cm³/mol. The summed E-state index contributed by atoms with van der Waals surface area (Å²) in [6.45, 7) is 0.144. The van der Waals surface area contributed by atoms with Gasteiger partial charge in [0.25, 0.3) is 5.91 Å². The van der Waals surface area contributed by atoms with Crippen LogP contribution < -0.4 is 0 Å². The zero-order valence-corrected chi connectivity index (χ0v) is 22.5. The van der Waals surface area contributed by atoms with E-state index in [1.54, 1.807) is 6.07 Å². The number of amides is 1. The fourth-order valence-corrected chi connectivity index (χ4v) is 5.45. The smallest absolute Gasteiger partial charge is 0.416 e. The van der Waals surface area contributed by atoms with E-state index in [0.717, 1.165) is 11.8 Å². The topological polar surface area (TPSA) is 99.2 Å². The number of halogens is 6. The molecule has 0 aliphatic carbocycles. The van der Waals surface area contributed by atoms with Gasteiger partial charge < -0.3 is 10.1 Å². The Morgan fingerprint density at radius 3 is 2.33 bits per heavy atom. The number of aromatic nitrogens is 3. The summed E-state index contributed by atoms with van der Waals surface area (Å²) in [7, 11) is 0. The maximum Gasteiger partial charge on any atom is 0.416 e. The highest BCUT2D eigenvalue weighted by atomic mass is 32.2. The van der Waals surface area contributed by atoms with Crippen molar-refractivity contribution in [3.05, 3.63) is 87.7 Å². The summed E-state index contributed by atoms with van der Waals surface area (Å²) in [5.74, 6) is -1.04. The molecule has 0 unspecified atom stereocenters. The standard InChI is InChI=1S/C27H16F6N4O3S2/c28-26(29,30)15-8-14(9-16(11-15)27(31,32)33)18-3-1-2-17(34-18)12-21-23(38)37(25(41)42-21)7-6-22-35-19-5-4-13(24(39)40)10-20(19)36-22/h1-5,8-12H,6-7H2,(H,35,36)(H,39,40). The Morgan fingerprint density at radius 1 is 1.00 bits per heavy atom. The number of rotatable bonds is 6. The molecule has 0 atom stereocenters. The zero-order chi connectivity index (χ0) is 30.4. The van der Waals surface area contributed by atoms with Crippen LogP contribution in [-0.4, -0.2) is 47.7 Å². The molecule has 15 heteroatoms. The highest BCUT2D eigenvalue weighted by Gasteiger charge is 2.37. The number of imidazole rings is 1. The van der Waals surface area contributed by atoms with Crippen molar-refractivity contribution in [2.75, 3.05) is 6.54 Å². The molecule has 0 spiro atoms. The Labute approximate surface area is 242 Å². The van der Waals surface area contributed by atoms with E-state index in [1.807, 2.05) is 0 Å². The van der Waals surface area contributed by atoms with Crippen LogP contribution in [-0.2, 0) is 23.6 Å². The Morgan fingerprint density at radius 2 is 1.69 bits per heavy atom. The number of carbonyl (C=O) groups is 2. The predicted octanol–water partition coefficient (Wildman–Crippen LogP) is 6.80. The number of hydrogen-bond donors (Lipinski definition) is 2. The summed E-state index contributed by atoms with van der Waals surface area (Å²) < 4.78 is 80.1. The average molecular weight is 623 g/mol. The summed E-state index contributed by atoms with van der Waals surface area (Å²) >= 11 is 6.31. The second kappa shape index (κ2) is 10.9. The number of aromatic carboxylic acids is 1. The third-order valence-corrected chi connectivity index (χ3v) is 7.53. The van der Waals surface area contributed by atoms with Crippen LogP contribution in [0.1, 0.15) is 33.0 Å². The number of nitrogens with zero attached hydrogens (tertiary/aromatic N) is 3. The summed E-state index contributed by atoms with van der Waals surface area (Å²) in [6, 6.07) is 9.76. The first-order chi connectivity index (χ1) is 19.7. The minimum absolute atomic E-state index is 0.0390. The lowest BCUT2D eigenvalue weighted by atomic mass is 10.0. The molecule has 0 radical (unpaired) electrons. The first-order valence-electron chi connectivity index (χ1n) is 11.9. The van der Waals surface area contributed by atoms with Crippen LogP contribution in [0, 0.1) is 0 Å². The van der Waals surface area contributed by atoms with Gasteiger partial charge in [0.2, 0.25) is 0 Å². The van der Waals surface area contributed by atoms with Crippen molar-refractivity contribution in [2.45, 2.75) is 18.8 Å². The second-order valence-corrected chi connectivity index (χ2v) is 10.7. The summed E-state index contributed by atoms with van der Waals surface area (Å²) in [4.78, 5) is 37.3. The molecule has 216 valence electrons. The maximum atomic E-state index is 13.3. The lowest BCUT2D eigenvalue weighted by Gasteiger charge is -2.14. The van der Waals surface area contributed by atoms with Crippen LogP contribution in [0.25, 0.3) is 28.4 Å². The lowest BCUT2D eigenvalue weighted by Crippen LogP contribution is -2.30. The summed E-state index contributed by atoms with van der Waals surface area (Å²) in [6.07, 6.45) is -8.39. The Hall–Kier alpha value is -4.24.